The highest BCUT2D eigenvalue weighted by atomic mass is 79.9. The van der Waals surface area contributed by atoms with Crippen molar-refractivity contribution in [1.29, 1.82) is 0 Å². The highest BCUT2D eigenvalue weighted by Gasteiger charge is 2.15. The Bertz CT molecular complexity index is 996. The van der Waals surface area contributed by atoms with Crippen LogP contribution in [0, 0.1) is 6.92 Å². The van der Waals surface area contributed by atoms with E-state index in [1.165, 1.54) is 24.8 Å². The molecular weight excluding hydrogens is 402 g/mol. The number of carbonyl (C=O) groups excluding carboxylic acids is 1. The molecule has 4 rings (SSSR count). The first kappa shape index (κ1) is 18.0. The van der Waals surface area contributed by atoms with Crippen LogP contribution < -0.4 is 10.2 Å². The highest BCUT2D eigenvalue weighted by molar-refractivity contribution is 9.10. The van der Waals surface area contributed by atoms with Crippen molar-refractivity contribution in [2.24, 2.45) is 0 Å². The molecule has 0 aliphatic carbocycles. The fraction of sp³-hybridized carbons (Fsp3) is 0.273. The molecule has 1 aromatic heterocycles. The van der Waals surface area contributed by atoms with Crippen molar-refractivity contribution in [3.05, 3.63) is 64.1 Å². The summed E-state index contributed by atoms with van der Waals surface area (Å²) >= 11 is 3.43. The van der Waals surface area contributed by atoms with Crippen LogP contribution in [0.3, 0.4) is 0 Å². The van der Waals surface area contributed by atoms with Crippen molar-refractivity contribution in [2.75, 3.05) is 23.3 Å². The Labute approximate surface area is 167 Å². The summed E-state index contributed by atoms with van der Waals surface area (Å²) in [5, 5.41) is 4.06. The van der Waals surface area contributed by atoms with E-state index in [9.17, 15) is 4.79 Å². The second-order valence-corrected chi connectivity index (χ2v) is 7.87. The van der Waals surface area contributed by atoms with E-state index in [0.29, 0.717) is 5.56 Å². The van der Waals surface area contributed by atoms with E-state index in [2.05, 4.69) is 39.1 Å². The Morgan fingerprint density at radius 1 is 1.07 bits per heavy atom. The Hall–Kier alpha value is -2.40. The standard InChI is InChI=1S/C22H22BrN3O/c1-15-13-21(26-11-5-2-6-12-26)25-20-10-9-16(14-18(15)20)24-22(27)17-7-3-4-8-19(17)23/h3-4,7-10,13-14H,2,5-6,11-12H2,1H3,(H,24,27). The van der Waals surface area contributed by atoms with Gasteiger partial charge in [0.25, 0.3) is 5.91 Å². The number of aryl methyl sites for hydroxylation is 1. The summed E-state index contributed by atoms with van der Waals surface area (Å²) in [4.78, 5) is 19.8. The van der Waals surface area contributed by atoms with Crippen molar-refractivity contribution in [3.8, 4) is 0 Å². The predicted molar refractivity (Wildman–Crippen MR) is 115 cm³/mol. The molecule has 1 amide bonds. The van der Waals surface area contributed by atoms with Gasteiger partial charge in [0.1, 0.15) is 5.82 Å². The minimum absolute atomic E-state index is 0.127. The fourth-order valence-corrected chi connectivity index (χ4v) is 4.05. The second kappa shape index (κ2) is 7.69. The zero-order valence-corrected chi connectivity index (χ0v) is 16.9. The van der Waals surface area contributed by atoms with Crippen LogP contribution >= 0.6 is 15.9 Å². The van der Waals surface area contributed by atoms with Gasteiger partial charge < -0.3 is 10.2 Å². The van der Waals surface area contributed by atoms with Gasteiger partial charge in [0, 0.05) is 28.6 Å². The third-order valence-electron chi connectivity index (χ3n) is 5.06. The quantitative estimate of drug-likeness (QED) is 0.600. The third-order valence-corrected chi connectivity index (χ3v) is 5.75. The SMILES string of the molecule is Cc1cc(N2CCCCC2)nc2ccc(NC(=O)c3ccccc3Br)cc12. The summed E-state index contributed by atoms with van der Waals surface area (Å²) in [5.41, 5.74) is 3.54. The van der Waals surface area contributed by atoms with Gasteiger partial charge in [0.2, 0.25) is 0 Å². The molecule has 1 saturated heterocycles. The number of aromatic nitrogens is 1. The summed E-state index contributed by atoms with van der Waals surface area (Å²) in [5.74, 6) is 0.932. The molecule has 1 aliphatic heterocycles. The molecule has 1 N–H and O–H groups in total. The second-order valence-electron chi connectivity index (χ2n) is 7.01. The van der Waals surface area contributed by atoms with Gasteiger partial charge in [0.15, 0.2) is 0 Å². The molecule has 1 aliphatic rings. The minimum Gasteiger partial charge on any atom is -0.357 e. The van der Waals surface area contributed by atoms with Crippen LogP contribution in [0.5, 0.6) is 0 Å². The van der Waals surface area contributed by atoms with Crippen LogP contribution in [0.15, 0.2) is 53.0 Å². The van der Waals surface area contributed by atoms with E-state index >= 15 is 0 Å². The molecule has 0 radical (unpaired) electrons. The highest BCUT2D eigenvalue weighted by Crippen LogP contribution is 2.27. The van der Waals surface area contributed by atoms with Gasteiger partial charge in [-0.15, -0.1) is 0 Å². The lowest BCUT2D eigenvalue weighted by atomic mass is 10.1. The fourth-order valence-electron chi connectivity index (χ4n) is 3.58. The number of pyridine rings is 1. The van der Waals surface area contributed by atoms with Gasteiger partial charge in [-0.05, 0) is 84.1 Å². The number of rotatable bonds is 3. The Morgan fingerprint density at radius 2 is 1.85 bits per heavy atom. The Morgan fingerprint density at radius 3 is 2.63 bits per heavy atom. The van der Waals surface area contributed by atoms with Gasteiger partial charge in [-0.25, -0.2) is 4.98 Å². The van der Waals surface area contributed by atoms with E-state index in [1.807, 2.05) is 36.4 Å². The molecule has 0 saturated carbocycles. The van der Waals surface area contributed by atoms with E-state index in [0.717, 1.165) is 40.0 Å². The number of piperidine rings is 1. The van der Waals surface area contributed by atoms with Crippen molar-refractivity contribution in [2.45, 2.75) is 26.2 Å². The molecule has 2 aromatic carbocycles. The van der Waals surface area contributed by atoms with Crippen LogP contribution in [0.4, 0.5) is 11.5 Å². The van der Waals surface area contributed by atoms with Gasteiger partial charge in [0.05, 0.1) is 11.1 Å². The van der Waals surface area contributed by atoms with Gasteiger partial charge in [-0.3, -0.25) is 4.79 Å². The maximum Gasteiger partial charge on any atom is 0.256 e. The minimum atomic E-state index is -0.127. The van der Waals surface area contributed by atoms with Crippen LogP contribution in [-0.4, -0.2) is 24.0 Å². The van der Waals surface area contributed by atoms with E-state index < -0.39 is 0 Å². The summed E-state index contributed by atoms with van der Waals surface area (Å²) in [6.45, 7) is 4.27. The largest absolute Gasteiger partial charge is 0.357 e. The van der Waals surface area contributed by atoms with Crippen LogP contribution in [0.25, 0.3) is 10.9 Å². The topological polar surface area (TPSA) is 45.2 Å². The van der Waals surface area contributed by atoms with Crippen LogP contribution in [-0.2, 0) is 0 Å². The first-order valence-electron chi connectivity index (χ1n) is 9.34. The predicted octanol–water partition coefficient (Wildman–Crippen LogP) is 5.55. The summed E-state index contributed by atoms with van der Waals surface area (Å²) in [6.07, 6.45) is 3.78. The zero-order valence-electron chi connectivity index (χ0n) is 15.3. The van der Waals surface area contributed by atoms with Crippen molar-refractivity contribution in [3.63, 3.8) is 0 Å². The lowest BCUT2D eigenvalue weighted by molar-refractivity contribution is 0.102. The molecule has 5 heteroatoms. The zero-order chi connectivity index (χ0) is 18.8. The normalized spacial score (nSPS) is 14.4. The van der Waals surface area contributed by atoms with Gasteiger partial charge in [-0.2, -0.15) is 0 Å². The smallest absolute Gasteiger partial charge is 0.256 e. The monoisotopic (exact) mass is 423 g/mol. The number of nitrogens with one attached hydrogen (secondary N) is 1. The molecule has 1 fully saturated rings. The number of hydrogen-bond acceptors (Lipinski definition) is 3. The summed E-state index contributed by atoms with van der Waals surface area (Å²) in [6, 6.07) is 15.5. The van der Waals surface area contributed by atoms with Gasteiger partial charge in [-0.1, -0.05) is 12.1 Å². The average molecular weight is 424 g/mol. The maximum atomic E-state index is 12.6. The van der Waals surface area contributed by atoms with Crippen molar-refractivity contribution >= 4 is 44.2 Å². The molecule has 3 aromatic rings. The average Bonchev–Trinajstić information content (AvgIpc) is 2.69. The third kappa shape index (κ3) is 3.83. The number of benzene rings is 2. The number of halogens is 1. The molecule has 4 nitrogen and oxygen atoms in total. The first-order chi connectivity index (χ1) is 13.1. The number of amides is 1. The molecule has 0 unspecified atom stereocenters. The van der Waals surface area contributed by atoms with Crippen LogP contribution in [0.1, 0.15) is 35.2 Å². The number of nitrogens with zero attached hydrogens (tertiary/aromatic N) is 2. The number of carbonyl (C=O) groups is 1. The van der Waals surface area contributed by atoms with Crippen molar-refractivity contribution < 1.29 is 4.79 Å². The molecule has 2 heterocycles. The lowest BCUT2D eigenvalue weighted by Crippen LogP contribution is -2.30. The lowest BCUT2D eigenvalue weighted by Gasteiger charge is -2.28. The number of anilines is 2. The molecule has 0 atom stereocenters. The molecule has 0 bridgehead atoms. The summed E-state index contributed by atoms with van der Waals surface area (Å²) < 4.78 is 0.785. The van der Waals surface area contributed by atoms with E-state index in [-0.39, 0.29) is 5.91 Å². The Kier molecular flexibility index (Phi) is 5.12. The van der Waals surface area contributed by atoms with Gasteiger partial charge >= 0.3 is 0 Å². The van der Waals surface area contributed by atoms with Crippen LogP contribution in [0.2, 0.25) is 0 Å². The molecule has 27 heavy (non-hydrogen) atoms. The first-order valence-corrected chi connectivity index (χ1v) is 10.1. The number of fused-ring (bicyclic) bond motifs is 1. The maximum absolute atomic E-state index is 12.6. The number of hydrogen-bond donors (Lipinski definition) is 1. The molecule has 0 spiro atoms. The molecular formula is C22H22BrN3O. The Balaban J connectivity index is 1.61. The summed E-state index contributed by atoms with van der Waals surface area (Å²) in [7, 11) is 0. The van der Waals surface area contributed by atoms with E-state index in [1.54, 1.807) is 6.07 Å². The van der Waals surface area contributed by atoms with E-state index in [4.69, 9.17) is 4.98 Å². The molecule has 138 valence electrons. The van der Waals surface area contributed by atoms with Crippen molar-refractivity contribution in [1.82, 2.24) is 4.98 Å².